The first-order chi connectivity index (χ1) is 1.73. The van der Waals surface area contributed by atoms with Crippen LogP contribution in [0.15, 0.2) is 0 Å². The molecule has 0 saturated carbocycles. The van der Waals surface area contributed by atoms with Crippen LogP contribution in [0.25, 0.3) is 0 Å². The summed E-state index contributed by atoms with van der Waals surface area (Å²) in [5.41, 5.74) is 0. The van der Waals surface area contributed by atoms with Crippen LogP contribution in [-0.2, 0) is 0 Å². The van der Waals surface area contributed by atoms with Gasteiger partial charge in [0.15, 0.2) is 0 Å². The summed E-state index contributed by atoms with van der Waals surface area (Å²) in [4.78, 5) is 0. The van der Waals surface area contributed by atoms with E-state index in [2.05, 4.69) is 47.8 Å². The monoisotopic (exact) mass is 286 g/mol. The Morgan fingerprint density at radius 2 is 1.00 bits per heavy atom. The van der Waals surface area contributed by atoms with Gasteiger partial charge >= 0.3 is 0 Å². The lowest BCUT2D eigenvalue weighted by molar-refractivity contribution is 2.28. The standard InChI is InChI=1S/CHBr3.ClH/c2-1(3)4;/h1H;1H. The van der Waals surface area contributed by atoms with Gasteiger partial charge in [-0.25, -0.2) is 0 Å². The Balaban J connectivity index is 0. The highest BCUT2D eigenvalue weighted by atomic mass is 80.0. The van der Waals surface area contributed by atoms with E-state index in [9.17, 15) is 0 Å². The molecule has 0 bridgehead atoms. The molecule has 0 unspecified atom stereocenters. The van der Waals surface area contributed by atoms with Crippen LogP contribution in [-0.4, -0.2) is 2.65 Å². The molecule has 0 aromatic heterocycles. The molecule has 0 aliphatic heterocycles. The van der Waals surface area contributed by atoms with E-state index in [4.69, 9.17) is 0 Å². The molecule has 0 spiro atoms. The quantitative estimate of drug-likeness (QED) is 0.602. The van der Waals surface area contributed by atoms with Crippen molar-refractivity contribution in [2.45, 2.75) is 2.65 Å². The molecule has 0 atom stereocenters. The fraction of sp³-hybridized carbons (Fsp3) is 1.00. The Morgan fingerprint density at radius 1 is 1.00 bits per heavy atom. The van der Waals surface area contributed by atoms with Gasteiger partial charge in [0.2, 0.25) is 0 Å². The van der Waals surface area contributed by atoms with Crippen molar-refractivity contribution in [3.8, 4) is 0 Å². The maximum Gasteiger partial charge on any atom is 0.124 e. The third-order valence-electron chi connectivity index (χ3n) is 0. The minimum absolute atomic E-state index is 0. The molecule has 0 amide bonds. The molecular formula is CH2Br3Cl. The normalized spacial score (nSPS) is 7.20. The van der Waals surface area contributed by atoms with Crippen molar-refractivity contribution in [1.82, 2.24) is 0 Å². The number of halogens is 4. The van der Waals surface area contributed by atoms with Gasteiger partial charge in [-0.05, 0) is 0 Å². The summed E-state index contributed by atoms with van der Waals surface area (Å²) in [6.45, 7) is 0. The first-order valence-electron chi connectivity index (χ1n) is 0.655. The molecule has 0 fully saturated rings. The van der Waals surface area contributed by atoms with Gasteiger partial charge in [0.25, 0.3) is 0 Å². The van der Waals surface area contributed by atoms with E-state index in [1.165, 1.54) is 0 Å². The second kappa shape index (κ2) is 5.73. The van der Waals surface area contributed by atoms with Gasteiger partial charge in [-0.1, -0.05) is 47.8 Å². The smallest absolute Gasteiger partial charge is 0.124 e. The predicted molar refractivity (Wildman–Crippen MR) is 37.8 cm³/mol. The largest absolute Gasteiger partial charge is 0.147 e. The Morgan fingerprint density at radius 3 is 1.00 bits per heavy atom. The number of hydrogen-bond donors (Lipinski definition) is 0. The maximum atomic E-state index is 3.10. The van der Waals surface area contributed by atoms with Gasteiger partial charge in [-0.3, -0.25) is 0 Å². The van der Waals surface area contributed by atoms with Gasteiger partial charge in [0.05, 0.1) is 0 Å². The van der Waals surface area contributed by atoms with E-state index >= 15 is 0 Å². The molecule has 0 N–H and O–H groups in total. The summed E-state index contributed by atoms with van der Waals surface area (Å²) < 4.78 is 0.271. The van der Waals surface area contributed by atoms with Crippen molar-refractivity contribution >= 4 is 60.2 Å². The van der Waals surface area contributed by atoms with E-state index in [1.807, 2.05) is 0 Å². The van der Waals surface area contributed by atoms with Crippen molar-refractivity contribution in [3.63, 3.8) is 0 Å². The second-order valence-electron chi connectivity index (χ2n) is 0.247. The molecule has 4 heteroatoms. The van der Waals surface area contributed by atoms with Crippen LogP contribution in [0.4, 0.5) is 0 Å². The minimum Gasteiger partial charge on any atom is -0.147 e. The lowest BCUT2D eigenvalue weighted by Gasteiger charge is -1.70. The number of rotatable bonds is 0. The first kappa shape index (κ1) is 9.88. The van der Waals surface area contributed by atoms with Crippen LogP contribution in [0.5, 0.6) is 0 Å². The third-order valence-corrected chi connectivity index (χ3v) is 0. The zero-order valence-corrected chi connectivity index (χ0v) is 7.69. The molecule has 34 valence electrons. The zero-order chi connectivity index (χ0) is 3.58. The SMILES string of the molecule is BrC(Br)Br.Cl. The van der Waals surface area contributed by atoms with Crippen molar-refractivity contribution in [2.24, 2.45) is 0 Å². The van der Waals surface area contributed by atoms with Gasteiger partial charge in [-0.2, -0.15) is 0 Å². The topological polar surface area (TPSA) is 0 Å². The van der Waals surface area contributed by atoms with Crippen LogP contribution >= 0.6 is 60.2 Å². The minimum atomic E-state index is 0. The van der Waals surface area contributed by atoms with Gasteiger partial charge in [0, 0.05) is 0 Å². The Labute approximate surface area is 62.5 Å². The molecular weight excluding hydrogens is 287 g/mol. The van der Waals surface area contributed by atoms with Crippen molar-refractivity contribution in [3.05, 3.63) is 0 Å². The van der Waals surface area contributed by atoms with E-state index in [0.29, 0.717) is 0 Å². The fourth-order valence-electron chi connectivity index (χ4n) is 0. The summed E-state index contributed by atoms with van der Waals surface area (Å²) in [5.74, 6) is 0. The molecule has 0 aliphatic rings. The number of hydrogen-bond acceptors (Lipinski definition) is 0. The van der Waals surface area contributed by atoms with E-state index in [0.717, 1.165) is 0 Å². The first-order valence-corrected chi connectivity index (χ1v) is 3.40. The Kier molecular flexibility index (Phi) is 11.3. The highest BCUT2D eigenvalue weighted by Gasteiger charge is 1.77. The fourth-order valence-corrected chi connectivity index (χ4v) is 0. The van der Waals surface area contributed by atoms with Gasteiger partial charge < -0.3 is 0 Å². The van der Waals surface area contributed by atoms with Crippen LogP contribution < -0.4 is 0 Å². The Hall–Kier alpha value is 1.73. The van der Waals surface area contributed by atoms with Crippen molar-refractivity contribution in [1.29, 1.82) is 0 Å². The van der Waals surface area contributed by atoms with Crippen molar-refractivity contribution < 1.29 is 0 Å². The molecule has 0 heterocycles. The summed E-state index contributed by atoms with van der Waals surface area (Å²) in [6, 6.07) is 0. The molecule has 0 aromatic rings. The van der Waals surface area contributed by atoms with E-state index in [-0.39, 0.29) is 15.1 Å². The summed E-state index contributed by atoms with van der Waals surface area (Å²) >= 11 is 9.31. The molecule has 0 aromatic carbocycles. The molecule has 5 heavy (non-hydrogen) atoms. The average molecular weight is 289 g/mol. The van der Waals surface area contributed by atoms with E-state index < -0.39 is 0 Å². The summed E-state index contributed by atoms with van der Waals surface area (Å²) in [7, 11) is 0. The molecule has 0 saturated heterocycles. The lowest BCUT2D eigenvalue weighted by Crippen LogP contribution is -1.49. The molecule has 0 rings (SSSR count). The average Bonchev–Trinajstić information content (AvgIpc) is 0.811. The lowest BCUT2D eigenvalue weighted by atomic mass is 12.0. The van der Waals surface area contributed by atoms with Crippen molar-refractivity contribution in [2.75, 3.05) is 0 Å². The Bertz CT molecular complexity index is 11.6. The number of alkyl halides is 3. The molecule has 0 aliphatic carbocycles. The predicted octanol–water partition coefficient (Wildman–Crippen LogP) is 2.88. The second-order valence-corrected chi connectivity index (χ2v) is 6.68. The van der Waals surface area contributed by atoms with Crippen LogP contribution in [0.3, 0.4) is 0 Å². The highest BCUT2D eigenvalue weighted by Crippen LogP contribution is 2.13. The van der Waals surface area contributed by atoms with Crippen LogP contribution in [0, 0.1) is 0 Å². The highest BCUT2D eigenvalue weighted by molar-refractivity contribution is 9.38. The van der Waals surface area contributed by atoms with Crippen LogP contribution in [0.1, 0.15) is 0 Å². The van der Waals surface area contributed by atoms with Crippen LogP contribution in [0.2, 0.25) is 0 Å². The summed E-state index contributed by atoms with van der Waals surface area (Å²) in [6.07, 6.45) is 0. The van der Waals surface area contributed by atoms with Gasteiger partial charge in [-0.15, -0.1) is 12.4 Å². The molecule has 0 nitrogen and oxygen atoms in total. The third kappa shape index (κ3) is 26.6. The maximum absolute atomic E-state index is 3.10. The van der Waals surface area contributed by atoms with E-state index in [1.54, 1.807) is 0 Å². The zero-order valence-electron chi connectivity index (χ0n) is 2.12. The molecule has 0 radical (unpaired) electrons. The summed E-state index contributed by atoms with van der Waals surface area (Å²) in [5, 5.41) is 0. The van der Waals surface area contributed by atoms with Gasteiger partial charge in [0.1, 0.15) is 2.65 Å².